The van der Waals surface area contributed by atoms with E-state index < -0.39 is 58.9 Å². The predicted molar refractivity (Wildman–Crippen MR) is 89.3 cm³/mol. The minimum Gasteiger partial charge on any atom is -0.271 e. The van der Waals surface area contributed by atoms with Gasteiger partial charge in [-0.1, -0.05) is 6.07 Å². The van der Waals surface area contributed by atoms with Gasteiger partial charge in [0.2, 0.25) is 0 Å². The van der Waals surface area contributed by atoms with E-state index in [0.29, 0.717) is 16.0 Å². The van der Waals surface area contributed by atoms with E-state index in [1.807, 2.05) is 0 Å². The van der Waals surface area contributed by atoms with Gasteiger partial charge in [-0.25, -0.2) is 14.5 Å². The molecule has 2 heterocycles. The molecular formula is C15H10F6N4O2S. The van der Waals surface area contributed by atoms with Crippen LogP contribution in [0.1, 0.15) is 18.9 Å². The Hall–Kier alpha value is -2.75. The second kappa shape index (κ2) is 6.40. The highest BCUT2D eigenvalue weighted by molar-refractivity contribution is 7.59. The number of hydrogen-bond donors (Lipinski definition) is 0. The van der Waals surface area contributed by atoms with Crippen molar-refractivity contribution in [2.45, 2.75) is 31.2 Å². The molecule has 1 atom stereocenters. The Labute approximate surface area is 160 Å². The summed E-state index contributed by atoms with van der Waals surface area (Å²) in [5.74, 6) is -1.14. The average molecular weight is 424 g/mol. The first-order valence-electron chi connectivity index (χ1n) is 7.23. The molecule has 3 rings (SSSR count). The number of rotatable bonds is 1. The van der Waals surface area contributed by atoms with Gasteiger partial charge < -0.3 is 0 Å². The molecule has 28 heavy (non-hydrogen) atoms. The number of carbonyl (C=O) groups is 2. The van der Waals surface area contributed by atoms with E-state index in [9.17, 15) is 35.9 Å². The van der Waals surface area contributed by atoms with E-state index in [4.69, 9.17) is 6.57 Å². The van der Waals surface area contributed by atoms with Crippen LogP contribution in [-0.2, 0) is 11.0 Å². The van der Waals surface area contributed by atoms with Crippen LogP contribution >= 0.6 is 13.5 Å². The first-order valence-corrected chi connectivity index (χ1v) is 7.23. The number of alkyl halides is 6. The van der Waals surface area contributed by atoms with E-state index in [0.717, 1.165) is 19.1 Å². The number of anilines is 1. The fraction of sp³-hybridized carbons (Fsp3) is 0.333. The smallest absolute Gasteiger partial charge is 0.271 e. The summed E-state index contributed by atoms with van der Waals surface area (Å²) in [6, 6.07) is 0.856. The largest absolute Gasteiger partial charge is 0.431 e. The Morgan fingerprint density at radius 3 is 2.21 bits per heavy atom. The lowest BCUT2D eigenvalue weighted by Crippen LogP contribution is -2.43. The third kappa shape index (κ3) is 3.07. The Morgan fingerprint density at radius 1 is 1.14 bits per heavy atom. The average Bonchev–Trinajstić information content (AvgIpc) is 3.00. The van der Waals surface area contributed by atoms with Crippen molar-refractivity contribution in [3.05, 3.63) is 35.2 Å². The number of nitrogens with zero attached hydrogens (tertiary/aromatic N) is 4. The maximum Gasteiger partial charge on any atom is 0.431 e. The number of imide groups is 1. The molecule has 3 amide bonds. The Morgan fingerprint density at radius 2 is 1.75 bits per heavy atom. The summed E-state index contributed by atoms with van der Waals surface area (Å²) in [4.78, 5) is 28.1. The van der Waals surface area contributed by atoms with Crippen LogP contribution in [0.4, 0.5) is 42.5 Å². The molecule has 0 unspecified atom stereocenters. The Balaban J connectivity index is 0.00000280. The fourth-order valence-corrected chi connectivity index (χ4v) is 2.88. The SMILES string of the molecule is S.[C-]#[N+]c1ccc(N2C(=O)N3N=C(C(F)(F)F)C[C@@]3(C)C2=O)cc1C(F)(F)F. The maximum absolute atomic E-state index is 13.1. The van der Waals surface area contributed by atoms with Gasteiger partial charge in [0.15, 0.2) is 11.2 Å². The van der Waals surface area contributed by atoms with Crippen LogP contribution in [0.15, 0.2) is 23.3 Å². The lowest BCUT2D eigenvalue weighted by atomic mass is 9.95. The number of hydrogen-bond acceptors (Lipinski definition) is 3. The van der Waals surface area contributed by atoms with E-state index >= 15 is 0 Å². The van der Waals surface area contributed by atoms with Gasteiger partial charge >= 0.3 is 18.4 Å². The lowest BCUT2D eigenvalue weighted by Gasteiger charge is -2.20. The lowest BCUT2D eigenvalue weighted by molar-refractivity contribution is -0.137. The molecule has 1 aromatic carbocycles. The van der Waals surface area contributed by atoms with Crippen molar-refractivity contribution in [3.8, 4) is 0 Å². The molecular weight excluding hydrogens is 414 g/mol. The highest BCUT2D eigenvalue weighted by atomic mass is 32.1. The topological polar surface area (TPSA) is 57.3 Å². The van der Waals surface area contributed by atoms with Crippen LogP contribution in [0.5, 0.6) is 0 Å². The molecule has 1 aromatic rings. The van der Waals surface area contributed by atoms with E-state index in [-0.39, 0.29) is 13.5 Å². The molecule has 0 bridgehead atoms. The zero-order chi connectivity index (χ0) is 20.4. The second-order valence-electron chi connectivity index (χ2n) is 6.04. The standard InChI is InChI=1S/C15H8F6N4O2.H2S/c1-13-6-10(15(19,20)21)23-25(13)12(27)24(11(13)26)7-3-4-9(22-2)8(5-7)14(16,17)18;/h3-5H,6H2,1H3;1H2/t13-;/m0./s1. The van der Waals surface area contributed by atoms with Crippen LogP contribution in [0, 0.1) is 6.57 Å². The van der Waals surface area contributed by atoms with E-state index in [1.165, 1.54) is 0 Å². The summed E-state index contributed by atoms with van der Waals surface area (Å²) in [7, 11) is 0. The molecule has 2 aliphatic heterocycles. The number of amides is 3. The minimum atomic E-state index is -4.93. The van der Waals surface area contributed by atoms with Crippen molar-refractivity contribution in [1.29, 1.82) is 0 Å². The molecule has 0 aliphatic carbocycles. The highest BCUT2D eigenvalue weighted by Crippen LogP contribution is 2.44. The number of halogens is 6. The van der Waals surface area contributed by atoms with Crippen molar-refractivity contribution in [2.24, 2.45) is 5.10 Å². The van der Waals surface area contributed by atoms with Crippen molar-refractivity contribution in [1.82, 2.24) is 5.01 Å². The third-order valence-electron chi connectivity index (χ3n) is 4.23. The molecule has 1 fully saturated rings. The molecule has 2 aliphatic rings. The Bertz CT molecular complexity index is 936. The van der Waals surface area contributed by atoms with Gasteiger partial charge in [-0.15, -0.1) is 0 Å². The van der Waals surface area contributed by atoms with Gasteiger partial charge in [-0.05, 0) is 19.1 Å². The quantitative estimate of drug-likeness (QED) is 0.385. The normalized spacial score (nSPS) is 22.0. The molecule has 13 heteroatoms. The van der Waals surface area contributed by atoms with Crippen LogP contribution in [0.2, 0.25) is 0 Å². The summed E-state index contributed by atoms with van der Waals surface area (Å²) >= 11 is 0. The van der Waals surface area contributed by atoms with Crippen molar-refractivity contribution in [3.63, 3.8) is 0 Å². The van der Waals surface area contributed by atoms with Crippen LogP contribution in [0.25, 0.3) is 4.85 Å². The van der Waals surface area contributed by atoms with Crippen LogP contribution in [-0.4, -0.2) is 34.4 Å². The van der Waals surface area contributed by atoms with Crippen molar-refractivity contribution < 1.29 is 35.9 Å². The third-order valence-corrected chi connectivity index (χ3v) is 4.23. The monoisotopic (exact) mass is 424 g/mol. The second-order valence-corrected chi connectivity index (χ2v) is 6.04. The molecule has 0 saturated carbocycles. The molecule has 0 N–H and O–H groups in total. The predicted octanol–water partition coefficient (Wildman–Crippen LogP) is 4.22. The fourth-order valence-electron chi connectivity index (χ4n) is 2.88. The van der Waals surface area contributed by atoms with Crippen molar-refractivity contribution >= 4 is 42.5 Å². The minimum absolute atomic E-state index is 0. The van der Waals surface area contributed by atoms with Gasteiger partial charge in [-0.3, -0.25) is 4.79 Å². The molecule has 0 spiro atoms. The van der Waals surface area contributed by atoms with Gasteiger partial charge in [0.25, 0.3) is 5.91 Å². The molecule has 0 aromatic heterocycles. The van der Waals surface area contributed by atoms with Gasteiger partial charge in [-0.2, -0.15) is 49.9 Å². The number of urea groups is 1. The number of carbonyl (C=O) groups excluding carboxylic acids is 2. The van der Waals surface area contributed by atoms with Gasteiger partial charge in [0.1, 0.15) is 5.71 Å². The zero-order valence-electron chi connectivity index (χ0n) is 13.8. The van der Waals surface area contributed by atoms with E-state index in [2.05, 4.69) is 9.95 Å². The highest BCUT2D eigenvalue weighted by Gasteiger charge is 2.62. The van der Waals surface area contributed by atoms with Gasteiger partial charge in [0, 0.05) is 6.42 Å². The van der Waals surface area contributed by atoms with Gasteiger partial charge in [0.05, 0.1) is 17.8 Å². The summed E-state index contributed by atoms with van der Waals surface area (Å²) in [6.07, 6.45) is -10.7. The summed E-state index contributed by atoms with van der Waals surface area (Å²) in [5, 5.41) is 3.47. The van der Waals surface area contributed by atoms with E-state index in [1.54, 1.807) is 0 Å². The summed E-state index contributed by atoms with van der Waals surface area (Å²) in [5.41, 5.74) is -5.93. The molecule has 6 nitrogen and oxygen atoms in total. The molecule has 1 saturated heterocycles. The molecule has 150 valence electrons. The van der Waals surface area contributed by atoms with Crippen LogP contribution < -0.4 is 4.90 Å². The zero-order valence-corrected chi connectivity index (χ0v) is 14.8. The first-order chi connectivity index (χ1) is 12.3. The maximum atomic E-state index is 13.1. The van der Waals surface area contributed by atoms with Crippen molar-refractivity contribution in [2.75, 3.05) is 4.90 Å². The van der Waals surface area contributed by atoms with Crippen LogP contribution in [0.3, 0.4) is 0 Å². The summed E-state index contributed by atoms with van der Waals surface area (Å²) in [6.45, 7) is 7.83. The summed E-state index contributed by atoms with van der Waals surface area (Å²) < 4.78 is 77.8. The first kappa shape index (κ1) is 21.5. The number of benzene rings is 1. The molecule has 0 radical (unpaired) electrons. The number of fused-ring (bicyclic) bond motifs is 1. The Kier molecular flexibility index (Phi) is 4.93. The number of hydrazone groups is 1.